The molecule has 0 radical (unpaired) electrons. The maximum atomic E-state index is 10.1. The van der Waals surface area contributed by atoms with Crippen LogP contribution in [0.3, 0.4) is 0 Å². The summed E-state index contributed by atoms with van der Waals surface area (Å²) in [7, 11) is 3.89. The zero-order valence-corrected chi connectivity index (χ0v) is 14.3. The average Bonchev–Trinajstić information content (AvgIpc) is 2.80. The van der Waals surface area contributed by atoms with Crippen LogP contribution in [-0.2, 0) is 5.41 Å². The van der Waals surface area contributed by atoms with E-state index in [-0.39, 0.29) is 11.5 Å². The molecule has 4 nitrogen and oxygen atoms in total. The van der Waals surface area contributed by atoms with Crippen LogP contribution in [0.15, 0.2) is 18.2 Å². The Balaban J connectivity index is 2.03. The SMILES string of the molecule is COc1cc(C)c2c3c1O[C@H]1C[C@@H](O)C=C[C@]31CCN(C)C2C. The molecular formula is C19H25NO3. The van der Waals surface area contributed by atoms with Crippen molar-refractivity contribution in [3.05, 3.63) is 34.9 Å². The van der Waals surface area contributed by atoms with E-state index < -0.39 is 6.10 Å². The highest BCUT2D eigenvalue weighted by molar-refractivity contribution is 5.64. The largest absolute Gasteiger partial charge is 0.493 e. The Morgan fingerprint density at radius 1 is 1.43 bits per heavy atom. The first-order valence-corrected chi connectivity index (χ1v) is 8.44. The first-order valence-electron chi connectivity index (χ1n) is 8.44. The molecule has 1 aliphatic carbocycles. The minimum atomic E-state index is -0.422. The van der Waals surface area contributed by atoms with E-state index >= 15 is 0 Å². The summed E-state index contributed by atoms with van der Waals surface area (Å²) in [6.45, 7) is 5.44. The molecule has 0 aromatic heterocycles. The predicted molar refractivity (Wildman–Crippen MR) is 89.3 cm³/mol. The lowest BCUT2D eigenvalue weighted by atomic mass is 9.68. The van der Waals surface area contributed by atoms with Crippen LogP contribution in [0.4, 0.5) is 0 Å². The quantitative estimate of drug-likeness (QED) is 0.809. The Labute approximate surface area is 137 Å². The molecule has 4 atom stereocenters. The van der Waals surface area contributed by atoms with Crippen molar-refractivity contribution in [2.75, 3.05) is 20.7 Å². The van der Waals surface area contributed by atoms with E-state index in [9.17, 15) is 5.11 Å². The van der Waals surface area contributed by atoms with E-state index in [1.165, 1.54) is 16.7 Å². The van der Waals surface area contributed by atoms with Crippen molar-refractivity contribution in [3.63, 3.8) is 0 Å². The molecule has 1 spiro atoms. The van der Waals surface area contributed by atoms with Crippen molar-refractivity contribution in [1.82, 2.24) is 4.90 Å². The van der Waals surface area contributed by atoms with Gasteiger partial charge in [0.05, 0.1) is 18.6 Å². The number of hydrogen-bond donors (Lipinski definition) is 1. The van der Waals surface area contributed by atoms with Crippen molar-refractivity contribution in [2.45, 2.75) is 50.4 Å². The number of hydrogen-bond acceptors (Lipinski definition) is 4. The summed E-state index contributed by atoms with van der Waals surface area (Å²) >= 11 is 0. The molecule has 4 rings (SSSR count). The number of benzene rings is 1. The monoisotopic (exact) mass is 315 g/mol. The Hall–Kier alpha value is -1.52. The van der Waals surface area contributed by atoms with Gasteiger partial charge in [0, 0.05) is 18.0 Å². The van der Waals surface area contributed by atoms with Crippen LogP contribution in [0.2, 0.25) is 0 Å². The standard InChI is InChI=1S/C19H25NO3/c1-11-9-14(22-4)18-17-16(11)12(2)20(3)8-7-19(17)6-5-13(21)10-15(19)23-18/h5-6,9,12-13,15,21H,7-8,10H2,1-4H3/t12?,13-,15-,19+/m0/s1. The smallest absolute Gasteiger partial charge is 0.166 e. The molecule has 0 fully saturated rings. The van der Waals surface area contributed by atoms with E-state index in [0.717, 1.165) is 24.5 Å². The van der Waals surface area contributed by atoms with Crippen LogP contribution in [0.25, 0.3) is 0 Å². The maximum absolute atomic E-state index is 10.1. The molecule has 1 unspecified atom stereocenters. The van der Waals surface area contributed by atoms with Crippen LogP contribution >= 0.6 is 0 Å². The first-order chi connectivity index (χ1) is 11.0. The van der Waals surface area contributed by atoms with Gasteiger partial charge in [-0.2, -0.15) is 0 Å². The van der Waals surface area contributed by atoms with E-state index in [2.05, 4.69) is 37.9 Å². The molecule has 0 saturated heterocycles. The molecule has 0 bridgehead atoms. The number of aryl methyl sites for hydroxylation is 1. The third kappa shape index (κ3) is 1.91. The molecule has 23 heavy (non-hydrogen) atoms. The van der Waals surface area contributed by atoms with Gasteiger partial charge in [-0.05, 0) is 51.1 Å². The fourth-order valence-corrected chi connectivity index (χ4v) is 4.63. The van der Waals surface area contributed by atoms with Gasteiger partial charge < -0.3 is 14.6 Å². The van der Waals surface area contributed by atoms with Gasteiger partial charge in [-0.15, -0.1) is 0 Å². The summed E-state index contributed by atoms with van der Waals surface area (Å²) in [6.07, 6.45) is 5.37. The van der Waals surface area contributed by atoms with E-state index in [1.54, 1.807) is 7.11 Å². The van der Waals surface area contributed by atoms with Gasteiger partial charge in [-0.25, -0.2) is 0 Å². The lowest BCUT2D eigenvalue weighted by Gasteiger charge is -2.35. The number of aliphatic hydroxyl groups is 1. The average molecular weight is 315 g/mol. The highest BCUT2D eigenvalue weighted by atomic mass is 16.5. The molecule has 2 aliphatic heterocycles. The zero-order chi connectivity index (χ0) is 16.4. The normalized spacial score (nSPS) is 35.3. The molecule has 1 N–H and O–H groups in total. The minimum absolute atomic E-state index is 0.00866. The molecule has 0 amide bonds. The summed E-state index contributed by atoms with van der Waals surface area (Å²) in [6, 6.07) is 2.44. The Bertz CT molecular complexity index is 684. The second kappa shape index (κ2) is 4.99. The second-order valence-electron chi connectivity index (χ2n) is 7.23. The van der Waals surface area contributed by atoms with Gasteiger partial charge in [0.1, 0.15) is 6.10 Å². The lowest BCUT2D eigenvalue weighted by molar-refractivity contribution is 0.0813. The number of methoxy groups -OCH3 is 1. The molecule has 1 aromatic rings. The molecule has 2 heterocycles. The Kier molecular flexibility index (Phi) is 3.26. The number of rotatable bonds is 1. The topological polar surface area (TPSA) is 41.9 Å². The molecule has 4 heteroatoms. The summed E-state index contributed by atoms with van der Waals surface area (Å²) < 4.78 is 12.0. The molecule has 3 aliphatic rings. The van der Waals surface area contributed by atoms with Crippen LogP contribution < -0.4 is 9.47 Å². The number of nitrogens with zero attached hydrogens (tertiary/aromatic N) is 1. The Morgan fingerprint density at radius 3 is 2.96 bits per heavy atom. The minimum Gasteiger partial charge on any atom is -0.493 e. The molecule has 1 aromatic carbocycles. The molecule has 124 valence electrons. The van der Waals surface area contributed by atoms with Gasteiger partial charge in [0.25, 0.3) is 0 Å². The first kappa shape index (κ1) is 15.0. The van der Waals surface area contributed by atoms with Crippen molar-refractivity contribution < 1.29 is 14.6 Å². The van der Waals surface area contributed by atoms with Gasteiger partial charge >= 0.3 is 0 Å². The summed E-state index contributed by atoms with van der Waals surface area (Å²) in [5.41, 5.74) is 3.77. The zero-order valence-electron chi connectivity index (χ0n) is 14.3. The van der Waals surface area contributed by atoms with Crippen molar-refractivity contribution in [3.8, 4) is 11.5 Å². The van der Waals surface area contributed by atoms with Crippen LogP contribution in [0.1, 0.15) is 42.5 Å². The van der Waals surface area contributed by atoms with Crippen LogP contribution in [-0.4, -0.2) is 42.9 Å². The van der Waals surface area contributed by atoms with Crippen molar-refractivity contribution in [1.29, 1.82) is 0 Å². The third-order valence-corrected chi connectivity index (χ3v) is 6.04. The molecule has 0 saturated carbocycles. The molecular weight excluding hydrogens is 290 g/mol. The predicted octanol–water partition coefficient (Wildman–Crippen LogP) is 2.72. The Morgan fingerprint density at radius 2 is 2.22 bits per heavy atom. The van der Waals surface area contributed by atoms with Gasteiger partial charge in [-0.3, -0.25) is 4.90 Å². The van der Waals surface area contributed by atoms with Crippen LogP contribution in [0.5, 0.6) is 11.5 Å². The third-order valence-electron chi connectivity index (χ3n) is 6.04. The second-order valence-corrected chi connectivity index (χ2v) is 7.23. The fourth-order valence-electron chi connectivity index (χ4n) is 4.63. The highest BCUT2D eigenvalue weighted by Crippen LogP contribution is 2.57. The van der Waals surface area contributed by atoms with E-state index in [1.807, 2.05) is 6.08 Å². The fraction of sp³-hybridized carbons (Fsp3) is 0.579. The maximum Gasteiger partial charge on any atom is 0.166 e. The van der Waals surface area contributed by atoms with Gasteiger partial charge in [0.2, 0.25) is 0 Å². The van der Waals surface area contributed by atoms with E-state index in [0.29, 0.717) is 12.5 Å². The van der Waals surface area contributed by atoms with Crippen LogP contribution in [0, 0.1) is 6.92 Å². The summed E-state index contributed by atoms with van der Waals surface area (Å²) in [5, 5.41) is 10.1. The summed E-state index contributed by atoms with van der Waals surface area (Å²) in [5.74, 6) is 1.70. The lowest BCUT2D eigenvalue weighted by Crippen LogP contribution is -2.42. The number of ether oxygens (including phenoxy) is 2. The highest BCUT2D eigenvalue weighted by Gasteiger charge is 2.53. The summed E-state index contributed by atoms with van der Waals surface area (Å²) in [4.78, 5) is 2.41. The van der Waals surface area contributed by atoms with Crippen molar-refractivity contribution >= 4 is 0 Å². The number of aliphatic hydroxyl groups excluding tert-OH is 1. The van der Waals surface area contributed by atoms with Crippen molar-refractivity contribution in [2.24, 2.45) is 0 Å². The van der Waals surface area contributed by atoms with E-state index in [4.69, 9.17) is 9.47 Å². The van der Waals surface area contributed by atoms with Gasteiger partial charge in [0.15, 0.2) is 11.5 Å². The van der Waals surface area contributed by atoms with Gasteiger partial charge in [-0.1, -0.05) is 12.2 Å².